The fourth-order valence-electron chi connectivity index (χ4n) is 2.96. The maximum absolute atomic E-state index is 12.2. The van der Waals surface area contributed by atoms with Crippen molar-refractivity contribution < 1.29 is 4.79 Å². The van der Waals surface area contributed by atoms with Crippen LogP contribution < -0.4 is 0 Å². The fraction of sp³-hybridized carbons (Fsp3) is 0.550. The van der Waals surface area contributed by atoms with E-state index in [1.807, 2.05) is 30.3 Å². The van der Waals surface area contributed by atoms with Crippen LogP contribution in [0.5, 0.6) is 0 Å². The number of nitrogens with zero attached hydrogens (tertiary/aromatic N) is 3. The van der Waals surface area contributed by atoms with Gasteiger partial charge in [-0.1, -0.05) is 68.4 Å². The van der Waals surface area contributed by atoms with Crippen LogP contribution in [-0.4, -0.2) is 20.9 Å². The number of carbonyl (C=O) groups excluding carboxylic acids is 1. The fourth-order valence-corrected chi connectivity index (χ4v) is 2.96. The second-order valence-electron chi connectivity index (χ2n) is 6.39. The van der Waals surface area contributed by atoms with E-state index in [4.69, 9.17) is 0 Å². The van der Waals surface area contributed by atoms with Crippen LogP contribution in [-0.2, 0) is 0 Å². The molecule has 1 aromatic heterocycles. The molecule has 4 heteroatoms. The van der Waals surface area contributed by atoms with Gasteiger partial charge in [-0.15, -0.1) is 11.7 Å². The van der Waals surface area contributed by atoms with Crippen molar-refractivity contribution in [3.05, 3.63) is 36.9 Å². The van der Waals surface area contributed by atoms with Crippen LogP contribution in [0.25, 0.3) is 11.0 Å². The maximum Gasteiger partial charge on any atom is 0.248 e. The van der Waals surface area contributed by atoms with Gasteiger partial charge in [0, 0.05) is 6.42 Å². The Morgan fingerprint density at radius 3 is 2.29 bits per heavy atom. The van der Waals surface area contributed by atoms with Crippen molar-refractivity contribution >= 4 is 16.9 Å². The normalized spacial score (nSPS) is 11.0. The van der Waals surface area contributed by atoms with Gasteiger partial charge in [0.15, 0.2) is 0 Å². The van der Waals surface area contributed by atoms with E-state index in [0.29, 0.717) is 6.42 Å². The van der Waals surface area contributed by atoms with E-state index in [0.717, 1.165) is 30.3 Å². The van der Waals surface area contributed by atoms with Crippen LogP contribution in [0.4, 0.5) is 0 Å². The molecule has 130 valence electrons. The smallest absolute Gasteiger partial charge is 0.248 e. The van der Waals surface area contributed by atoms with Gasteiger partial charge in [-0.25, -0.2) is 0 Å². The summed E-state index contributed by atoms with van der Waals surface area (Å²) in [5, 5.41) is 8.01. The number of benzene rings is 1. The van der Waals surface area contributed by atoms with Crippen LogP contribution in [0.2, 0.25) is 0 Å². The number of para-hydroxylation sites is 1. The van der Waals surface area contributed by atoms with E-state index < -0.39 is 0 Å². The second kappa shape index (κ2) is 10.7. The highest BCUT2D eigenvalue weighted by atomic mass is 16.2. The molecule has 0 spiro atoms. The number of hydrogen-bond acceptors (Lipinski definition) is 3. The highest BCUT2D eigenvalue weighted by molar-refractivity contribution is 5.88. The summed E-state index contributed by atoms with van der Waals surface area (Å²) in [5.74, 6) is 0.0471. The molecule has 1 aromatic carbocycles. The number of carbonyl (C=O) groups is 1. The number of hydrogen-bond donors (Lipinski definition) is 0. The topological polar surface area (TPSA) is 47.8 Å². The number of aromatic nitrogens is 3. The molecular weight excluding hydrogens is 298 g/mol. The van der Waals surface area contributed by atoms with Crippen LogP contribution >= 0.6 is 0 Å². The Hall–Kier alpha value is -1.97. The van der Waals surface area contributed by atoms with Gasteiger partial charge in [-0.2, -0.15) is 4.68 Å². The average Bonchev–Trinajstić information content (AvgIpc) is 3.03. The first-order chi connectivity index (χ1) is 11.8. The molecular formula is C20H29N3O. The van der Waals surface area contributed by atoms with Crippen molar-refractivity contribution in [2.45, 2.75) is 70.6 Å². The Balaban J connectivity index is 1.53. The van der Waals surface area contributed by atoms with Crippen molar-refractivity contribution in [2.75, 3.05) is 0 Å². The lowest BCUT2D eigenvalue weighted by Crippen LogP contribution is -2.12. The largest absolute Gasteiger partial charge is 0.273 e. The molecule has 24 heavy (non-hydrogen) atoms. The van der Waals surface area contributed by atoms with Gasteiger partial charge in [0.1, 0.15) is 5.52 Å². The van der Waals surface area contributed by atoms with Crippen LogP contribution in [0.1, 0.15) is 75.4 Å². The van der Waals surface area contributed by atoms with Gasteiger partial charge < -0.3 is 0 Å². The number of allylic oxidation sites excluding steroid dienone is 1. The number of fused-ring (bicyclic) bond motifs is 1. The zero-order chi connectivity index (χ0) is 17.0. The van der Waals surface area contributed by atoms with Crippen molar-refractivity contribution in [3.63, 3.8) is 0 Å². The van der Waals surface area contributed by atoms with E-state index in [1.165, 1.54) is 49.6 Å². The molecule has 0 unspecified atom stereocenters. The third-order valence-corrected chi connectivity index (χ3v) is 4.39. The zero-order valence-corrected chi connectivity index (χ0v) is 14.6. The van der Waals surface area contributed by atoms with Gasteiger partial charge in [0.25, 0.3) is 0 Å². The van der Waals surface area contributed by atoms with E-state index in [1.54, 1.807) is 0 Å². The Bertz CT molecular complexity index is 633. The van der Waals surface area contributed by atoms with E-state index in [-0.39, 0.29) is 5.91 Å². The van der Waals surface area contributed by atoms with E-state index in [2.05, 4.69) is 16.9 Å². The van der Waals surface area contributed by atoms with Crippen molar-refractivity contribution in [1.82, 2.24) is 15.0 Å². The minimum Gasteiger partial charge on any atom is -0.273 e. The van der Waals surface area contributed by atoms with Gasteiger partial charge >= 0.3 is 0 Å². The third kappa shape index (κ3) is 5.91. The maximum atomic E-state index is 12.2. The summed E-state index contributed by atoms with van der Waals surface area (Å²) in [4.78, 5) is 12.2. The van der Waals surface area contributed by atoms with Gasteiger partial charge in [0.05, 0.1) is 5.52 Å². The SMILES string of the molecule is C=CCCCCCCCCCCCC(=O)n1nnc2ccccc21. The first kappa shape index (κ1) is 18.4. The minimum atomic E-state index is 0.0471. The second-order valence-corrected chi connectivity index (χ2v) is 6.39. The summed E-state index contributed by atoms with van der Waals surface area (Å²) in [6, 6.07) is 7.59. The van der Waals surface area contributed by atoms with Crippen LogP contribution in [0.3, 0.4) is 0 Å². The summed E-state index contributed by atoms with van der Waals surface area (Å²) in [7, 11) is 0. The first-order valence-electron chi connectivity index (χ1n) is 9.27. The molecule has 0 bridgehead atoms. The molecule has 0 aliphatic carbocycles. The molecule has 0 fully saturated rings. The lowest BCUT2D eigenvalue weighted by atomic mass is 10.1. The van der Waals surface area contributed by atoms with Gasteiger partial charge in [-0.3, -0.25) is 4.79 Å². The van der Waals surface area contributed by atoms with Gasteiger partial charge in [0.2, 0.25) is 5.91 Å². The lowest BCUT2D eigenvalue weighted by Gasteiger charge is -2.03. The molecule has 0 aliphatic heterocycles. The minimum absolute atomic E-state index is 0.0471. The van der Waals surface area contributed by atoms with Crippen molar-refractivity contribution in [2.24, 2.45) is 0 Å². The highest BCUT2D eigenvalue weighted by Crippen LogP contribution is 2.13. The van der Waals surface area contributed by atoms with Crippen molar-refractivity contribution in [1.29, 1.82) is 0 Å². The molecule has 0 atom stereocenters. The summed E-state index contributed by atoms with van der Waals surface area (Å²) in [6.45, 7) is 3.75. The first-order valence-corrected chi connectivity index (χ1v) is 9.27. The Labute approximate surface area is 144 Å². The summed E-state index contributed by atoms with van der Waals surface area (Å²) in [6.07, 6.45) is 14.9. The Morgan fingerprint density at radius 2 is 1.58 bits per heavy atom. The van der Waals surface area contributed by atoms with E-state index >= 15 is 0 Å². The molecule has 4 nitrogen and oxygen atoms in total. The van der Waals surface area contributed by atoms with E-state index in [9.17, 15) is 4.79 Å². The summed E-state index contributed by atoms with van der Waals surface area (Å²) < 4.78 is 1.44. The monoisotopic (exact) mass is 327 g/mol. The molecule has 2 rings (SSSR count). The molecule has 0 radical (unpaired) electrons. The van der Waals surface area contributed by atoms with Gasteiger partial charge in [-0.05, 0) is 31.4 Å². The molecule has 0 saturated carbocycles. The summed E-state index contributed by atoms with van der Waals surface area (Å²) >= 11 is 0. The standard InChI is InChI=1S/C20H29N3O/c1-2-3-4-5-6-7-8-9-10-11-12-17-20(24)23-19-16-14-13-15-18(19)21-22-23/h2,13-16H,1,3-12,17H2. The summed E-state index contributed by atoms with van der Waals surface area (Å²) in [5.41, 5.74) is 1.58. The number of rotatable bonds is 12. The average molecular weight is 327 g/mol. The zero-order valence-electron chi connectivity index (χ0n) is 14.6. The third-order valence-electron chi connectivity index (χ3n) is 4.39. The molecule has 0 amide bonds. The Morgan fingerprint density at radius 1 is 0.958 bits per heavy atom. The molecule has 2 aromatic rings. The predicted molar refractivity (Wildman–Crippen MR) is 99.1 cm³/mol. The molecule has 0 saturated heterocycles. The Kier molecular flexibility index (Phi) is 8.22. The highest BCUT2D eigenvalue weighted by Gasteiger charge is 2.10. The molecule has 0 aliphatic rings. The molecule has 1 heterocycles. The lowest BCUT2D eigenvalue weighted by molar-refractivity contribution is 0.0886. The van der Waals surface area contributed by atoms with Crippen molar-refractivity contribution in [3.8, 4) is 0 Å². The van der Waals surface area contributed by atoms with Crippen LogP contribution in [0.15, 0.2) is 36.9 Å². The quantitative estimate of drug-likeness (QED) is 0.379. The van der Waals surface area contributed by atoms with Crippen LogP contribution in [0, 0.1) is 0 Å². The predicted octanol–water partition coefficient (Wildman–Crippen LogP) is 5.55. The molecule has 0 N–H and O–H groups in total. The number of unbranched alkanes of at least 4 members (excludes halogenated alkanes) is 9.